The molecule has 112 valence electrons. The Morgan fingerprint density at radius 2 is 2.35 bits per heavy atom. The molecule has 0 amide bonds. The maximum absolute atomic E-state index is 12.1. The van der Waals surface area contributed by atoms with Crippen LogP contribution >= 0.6 is 23.4 Å². The molecule has 6 heteroatoms. The van der Waals surface area contributed by atoms with Gasteiger partial charge in [0.25, 0.3) is 5.56 Å². The summed E-state index contributed by atoms with van der Waals surface area (Å²) >= 11 is 8.15. The van der Waals surface area contributed by atoms with E-state index in [1.54, 1.807) is 6.20 Å². The minimum Gasteiger partial charge on any atom is -0.381 e. The third-order valence-corrected chi connectivity index (χ3v) is 5.38. The zero-order valence-corrected chi connectivity index (χ0v) is 13.9. The van der Waals surface area contributed by atoms with Crippen LogP contribution in [0.2, 0.25) is 5.02 Å². The van der Waals surface area contributed by atoms with E-state index in [9.17, 15) is 4.79 Å². The van der Waals surface area contributed by atoms with Crippen molar-refractivity contribution in [3.63, 3.8) is 0 Å². The van der Waals surface area contributed by atoms with Gasteiger partial charge in [0.15, 0.2) is 0 Å². The van der Waals surface area contributed by atoms with Crippen LogP contribution in [0.15, 0.2) is 11.0 Å². The summed E-state index contributed by atoms with van der Waals surface area (Å²) in [6.45, 7) is 7.75. The van der Waals surface area contributed by atoms with Crippen LogP contribution in [0.3, 0.4) is 0 Å². The molecule has 0 aliphatic carbocycles. The molecule has 0 aromatic carbocycles. The molecular formula is C14H22ClN3OS. The van der Waals surface area contributed by atoms with E-state index in [0.717, 1.165) is 6.54 Å². The molecule has 1 unspecified atom stereocenters. The van der Waals surface area contributed by atoms with Gasteiger partial charge >= 0.3 is 0 Å². The highest BCUT2D eigenvalue weighted by molar-refractivity contribution is 8.00. The normalized spacial score (nSPS) is 22.4. The molecule has 0 spiro atoms. The zero-order valence-electron chi connectivity index (χ0n) is 12.3. The fraction of sp³-hybridized carbons (Fsp3) is 0.714. The maximum atomic E-state index is 12.1. The quantitative estimate of drug-likeness (QED) is 0.906. The first-order chi connectivity index (χ1) is 9.41. The first-order valence-electron chi connectivity index (χ1n) is 7.05. The van der Waals surface area contributed by atoms with Crippen molar-refractivity contribution in [3.05, 3.63) is 21.6 Å². The Bertz CT molecular complexity index is 524. The van der Waals surface area contributed by atoms with Crippen molar-refractivity contribution in [2.24, 2.45) is 5.92 Å². The smallest absolute Gasteiger partial charge is 0.287 e. The third-order valence-electron chi connectivity index (χ3n) is 3.48. The second-order valence-corrected chi connectivity index (χ2v) is 8.07. The van der Waals surface area contributed by atoms with Crippen molar-refractivity contribution >= 4 is 29.1 Å². The van der Waals surface area contributed by atoms with Gasteiger partial charge in [0.05, 0.1) is 11.9 Å². The highest BCUT2D eigenvalue weighted by Crippen LogP contribution is 2.37. The van der Waals surface area contributed by atoms with Crippen molar-refractivity contribution in [2.45, 2.75) is 44.9 Å². The zero-order chi connectivity index (χ0) is 14.8. The Labute approximate surface area is 129 Å². The Balaban J connectivity index is 2.09. The number of hydrogen-bond donors (Lipinski definition) is 1. The van der Waals surface area contributed by atoms with Gasteiger partial charge in [-0.25, -0.2) is 4.68 Å². The first kappa shape index (κ1) is 15.7. The minimum absolute atomic E-state index is 0.213. The number of rotatable bonds is 5. The van der Waals surface area contributed by atoms with Gasteiger partial charge in [-0.15, -0.1) is 0 Å². The molecule has 1 aliphatic rings. The van der Waals surface area contributed by atoms with Crippen molar-refractivity contribution in [2.75, 3.05) is 17.6 Å². The van der Waals surface area contributed by atoms with Crippen LogP contribution in [0.25, 0.3) is 0 Å². The summed E-state index contributed by atoms with van der Waals surface area (Å²) in [4.78, 5) is 12.1. The molecule has 1 fully saturated rings. The van der Waals surface area contributed by atoms with E-state index in [1.165, 1.54) is 23.3 Å². The second-order valence-electron chi connectivity index (χ2n) is 6.01. The molecule has 2 rings (SSSR count). The molecule has 1 atom stereocenters. The lowest BCUT2D eigenvalue weighted by Gasteiger charge is -2.23. The molecule has 1 saturated heterocycles. The van der Waals surface area contributed by atoms with Crippen LogP contribution < -0.4 is 10.9 Å². The van der Waals surface area contributed by atoms with Crippen molar-refractivity contribution in [1.29, 1.82) is 0 Å². The second kappa shape index (κ2) is 6.39. The predicted octanol–water partition coefficient (Wildman–Crippen LogP) is 3.25. The molecule has 0 radical (unpaired) electrons. The number of thioether (sulfide) groups is 1. The lowest BCUT2D eigenvalue weighted by Crippen LogP contribution is -2.30. The standard InChI is InChI=1S/C14H22ClN3OS/c1-10(2)8-18-13(19)12(15)11(7-17-18)16-9-14(3)5-4-6-20-14/h7,10,16H,4-6,8-9H2,1-3H3. The van der Waals surface area contributed by atoms with E-state index >= 15 is 0 Å². The third kappa shape index (κ3) is 3.70. The summed E-state index contributed by atoms with van der Waals surface area (Å²) in [6, 6.07) is 0. The average molecular weight is 316 g/mol. The van der Waals surface area contributed by atoms with Gasteiger partial charge < -0.3 is 5.32 Å². The van der Waals surface area contributed by atoms with Crippen LogP contribution in [0, 0.1) is 5.92 Å². The molecule has 4 nitrogen and oxygen atoms in total. The van der Waals surface area contributed by atoms with Gasteiger partial charge in [-0.1, -0.05) is 25.4 Å². The highest BCUT2D eigenvalue weighted by Gasteiger charge is 2.29. The van der Waals surface area contributed by atoms with E-state index in [0.29, 0.717) is 18.2 Å². The molecule has 1 aromatic heterocycles. The highest BCUT2D eigenvalue weighted by atomic mass is 35.5. The van der Waals surface area contributed by atoms with Crippen LogP contribution in [-0.4, -0.2) is 26.8 Å². The lowest BCUT2D eigenvalue weighted by atomic mass is 10.1. The van der Waals surface area contributed by atoms with Crippen LogP contribution in [-0.2, 0) is 6.54 Å². The van der Waals surface area contributed by atoms with Gasteiger partial charge in [0, 0.05) is 17.8 Å². The molecule has 20 heavy (non-hydrogen) atoms. The minimum atomic E-state index is -0.213. The molecule has 1 aliphatic heterocycles. The molecule has 0 saturated carbocycles. The van der Waals surface area contributed by atoms with E-state index in [2.05, 4.69) is 17.3 Å². The Hall–Kier alpha value is -0.680. The number of nitrogens with zero attached hydrogens (tertiary/aromatic N) is 2. The van der Waals surface area contributed by atoms with E-state index in [4.69, 9.17) is 11.6 Å². The molecule has 2 heterocycles. The van der Waals surface area contributed by atoms with Crippen molar-refractivity contribution in [3.8, 4) is 0 Å². The van der Waals surface area contributed by atoms with Gasteiger partial charge in [-0.2, -0.15) is 16.9 Å². The number of halogens is 1. The number of nitrogens with one attached hydrogen (secondary N) is 1. The summed E-state index contributed by atoms with van der Waals surface area (Å²) in [6.07, 6.45) is 4.11. The molecule has 0 bridgehead atoms. The fourth-order valence-electron chi connectivity index (χ4n) is 2.32. The van der Waals surface area contributed by atoms with Gasteiger partial charge in [-0.05, 0) is 31.4 Å². The average Bonchev–Trinajstić information content (AvgIpc) is 2.81. The number of aromatic nitrogens is 2. The largest absolute Gasteiger partial charge is 0.381 e. The lowest BCUT2D eigenvalue weighted by molar-refractivity contribution is 0.464. The van der Waals surface area contributed by atoms with E-state index in [1.807, 2.05) is 25.6 Å². The Morgan fingerprint density at radius 1 is 1.60 bits per heavy atom. The van der Waals surface area contributed by atoms with Gasteiger partial charge in [-0.3, -0.25) is 4.79 Å². The van der Waals surface area contributed by atoms with Crippen molar-refractivity contribution in [1.82, 2.24) is 9.78 Å². The first-order valence-corrected chi connectivity index (χ1v) is 8.41. The Kier molecular flexibility index (Phi) is 5.02. The van der Waals surface area contributed by atoms with Gasteiger partial charge in [0.2, 0.25) is 0 Å². The fourth-order valence-corrected chi connectivity index (χ4v) is 3.78. The number of anilines is 1. The van der Waals surface area contributed by atoms with Crippen LogP contribution in [0.1, 0.15) is 33.6 Å². The molecule has 1 N–H and O–H groups in total. The van der Waals surface area contributed by atoms with Crippen LogP contribution in [0.4, 0.5) is 5.69 Å². The van der Waals surface area contributed by atoms with Crippen LogP contribution in [0.5, 0.6) is 0 Å². The molecule has 1 aromatic rings. The van der Waals surface area contributed by atoms with E-state index < -0.39 is 0 Å². The SMILES string of the molecule is CC(C)Cn1ncc(NCC2(C)CCCS2)c(Cl)c1=O. The Morgan fingerprint density at radius 3 is 2.95 bits per heavy atom. The summed E-state index contributed by atoms with van der Waals surface area (Å²) < 4.78 is 1.67. The summed E-state index contributed by atoms with van der Waals surface area (Å²) in [5.74, 6) is 1.57. The van der Waals surface area contributed by atoms with Crippen molar-refractivity contribution < 1.29 is 0 Å². The van der Waals surface area contributed by atoms with E-state index in [-0.39, 0.29) is 15.3 Å². The predicted molar refractivity (Wildman–Crippen MR) is 86.9 cm³/mol. The molecular weight excluding hydrogens is 294 g/mol. The summed E-state index contributed by atoms with van der Waals surface area (Å²) in [7, 11) is 0. The van der Waals surface area contributed by atoms with Gasteiger partial charge in [0.1, 0.15) is 5.02 Å². The summed E-state index contributed by atoms with van der Waals surface area (Å²) in [5.41, 5.74) is 0.431. The maximum Gasteiger partial charge on any atom is 0.287 e. The monoisotopic (exact) mass is 315 g/mol. The summed E-state index contributed by atoms with van der Waals surface area (Å²) in [5, 5.41) is 7.73. The topological polar surface area (TPSA) is 46.9 Å². The number of hydrogen-bond acceptors (Lipinski definition) is 4.